The molecule has 2 heterocycles. The zero-order valence-electron chi connectivity index (χ0n) is 12.4. The predicted octanol–water partition coefficient (Wildman–Crippen LogP) is 2.93. The number of aryl methyl sites for hydroxylation is 1. The summed E-state index contributed by atoms with van der Waals surface area (Å²) in [6.45, 7) is 1.71. The van der Waals surface area contributed by atoms with Crippen molar-refractivity contribution < 1.29 is 4.79 Å². The molecule has 0 bridgehead atoms. The third kappa shape index (κ3) is 3.24. The molecule has 2 N–H and O–H groups in total. The average molecular weight is 409 g/mol. The van der Waals surface area contributed by atoms with E-state index in [0.717, 1.165) is 0 Å². The van der Waals surface area contributed by atoms with Crippen LogP contribution in [0, 0.1) is 6.92 Å². The van der Waals surface area contributed by atoms with Crippen molar-refractivity contribution in [3.63, 3.8) is 0 Å². The van der Waals surface area contributed by atoms with Gasteiger partial charge in [-0.15, -0.1) is 5.10 Å². The van der Waals surface area contributed by atoms with Gasteiger partial charge in [0.2, 0.25) is 5.82 Å². The maximum atomic E-state index is 12.3. The van der Waals surface area contributed by atoms with Gasteiger partial charge in [-0.05, 0) is 41.1 Å². The van der Waals surface area contributed by atoms with Crippen molar-refractivity contribution in [1.82, 2.24) is 19.7 Å². The fourth-order valence-corrected chi connectivity index (χ4v) is 2.63. The molecule has 2 aromatic heterocycles. The number of H-pyrrole nitrogens is 1. The summed E-state index contributed by atoms with van der Waals surface area (Å²) in [5.41, 5.74) is 0.290. The van der Waals surface area contributed by atoms with Crippen LogP contribution in [0.4, 0.5) is 5.69 Å². The molecule has 0 aliphatic carbocycles. The summed E-state index contributed by atoms with van der Waals surface area (Å²) in [5.74, 6) is -0.157. The summed E-state index contributed by atoms with van der Waals surface area (Å²) >= 11 is 9.37. The number of carbonyl (C=O) groups excluding carboxylic acids is 1. The van der Waals surface area contributed by atoms with Crippen LogP contribution in [0.2, 0.25) is 5.02 Å². The fraction of sp³-hybridized carbons (Fsp3) is 0.0667. The maximum Gasteiger partial charge on any atom is 0.295 e. The van der Waals surface area contributed by atoms with E-state index in [2.05, 4.69) is 36.3 Å². The molecule has 7 nitrogen and oxygen atoms in total. The van der Waals surface area contributed by atoms with Crippen LogP contribution in [0.25, 0.3) is 5.69 Å². The predicted molar refractivity (Wildman–Crippen MR) is 93.8 cm³/mol. The maximum absolute atomic E-state index is 12.3. The molecule has 0 radical (unpaired) electrons. The lowest BCUT2D eigenvalue weighted by Crippen LogP contribution is -2.20. The number of pyridine rings is 1. The number of aromatic amines is 1. The topological polar surface area (TPSA) is 92.7 Å². The first-order valence-electron chi connectivity index (χ1n) is 6.84. The lowest BCUT2D eigenvalue weighted by atomic mass is 10.3. The number of halogens is 2. The van der Waals surface area contributed by atoms with Crippen molar-refractivity contribution in [1.29, 1.82) is 0 Å². The number of nitrogens with zero attached hydrogens (tertiary/aromatic N) is 3. The summed E-state index contributed by atoms with van der Waals surface area (Å²) in [6.07, 6.45) is 1.48. The highest BCUT2D eigenvalue weighted by molar-refractivity contribution is 9.10. The zero-order chi connectivity index (χ0) is 17.3. The Morgan fingerprint density at radius 2 is 2.12 bits per heavy atom. The number of hydrogen-bond acceptors (Lipinski definition) is 4. The number of nitrogens with one attached hydrogen (secondary N) is 2. The Balaban J connectivity index is 1.92. The quantitative estimate of drug-likeness (QED) is 0.697. The minimum Gasteiger partial charge on any atom is -0.326 e. The molecule has 0 saturated heterocycles. The molecular formula is C15H11BrClN5O2. The summed E-state index contributed by atoms with van der Waals surface area (Å²) in [4.78, 5) is 30.7. The van der Waals surface area contributed by atoms with Crippen LogP contribution in [0.3, 0.4) is 0 Å². The van der Waals surface area contributed by atoms with Crippen LogP contribution in [0.15, 0.2) is 45.8 Å². The Bertz CT molecular complexity index is 982. The molecule has 24 heavy (non-hydrogen) atoms. The molecular weight excluding hydrogens is 398 g/mol. The third-order valence-electron chi connectivity index (χ3n) is 3.17. The van der Waals surface area contributed by atoms with Gasteiger partial charge in [0.1, 0.15) is 11.5 Å². The minimum atomic E-state index is -0.590. The molecule has 3 aromatic rings. The van der Waals surface area contributed by atoms with Crippen LogP contribution in [0.1, 0.15) is 16.4 Å². The van der Waals surface area contributed by atoms with Gasteiger partial charge >= 0.3 is 0 Å². The van der Waals surface area contributed by atoms with Crippen LogP contribution in [0.5, 0.6) is 0 Å². The smallest absolute Gasteiger partial charge is 0.295 e. The molecule has 122 valence electrons. The van der Waals surface area contributed by atoms with Crippen LogP contribution >= 0.6 is 27.5 Å². The number of carbonyl (C=O) groups is 1. The van der Waals surface area contributed by atoms with E-state index in [1.165, 1.54) is 16.9 Å². The molecule has 1 amide bonds. The first-order valence-corrected chi connectivity index (χ1v) is 8.01. The van der Waals surface area contributed by atoms with Gasteiger partial charge in [0, 0.05) is 10.7 Å². The Kier molecular flexibility index (Phi) is 4.50. The molecule has 0 unspecified atom stereocenters. The number of amides is 1. The van der Waals surface area contributed by atoms with Crippen molar-refractivity contribution in [2.75, 3.05) is 5.32 Å². The second-order valence-corrected chi connectivity index (χ2v) is 6.18. The van der Waals surface area contributed by atoms with E-state index in [1.54, 1.807) is 25.1 Å². The summed E-state index contributed by atoms with van der Waals surface area (Å²) in [6, 6.07) is 8.59. The second kappa shape index (κ2) is 6.58. The number of hydrogen-bond donors (Lipinski definition) is 2. The summed E-state index contributed by atoms with van der Waals surface area (Å²) < 4.78 is 2.10. The summed E-state index contributed by atoms with van der Waals surface area (Å²) in [5, 5.41) is 7.15. The molecule has 1 aromatic carbocycles. The fourth-order valence-electron chi connectivity index (χ4n) is 2.07. The normalized spacial score (nSPS) is 10.6. The van der Waals surface area contributed by atoms with Crippen molar-refractivity contribution in [2.45, 2.75) is 6.92 Å². The molecule has 0 spiro atoms. The van der Waals surface area contributed by atoms with E-state index in [9.17, 15) is 9.59 Å². The highest BCUT2D eigenvalue weighted by Gasteiger charge is 2.17. The lowest BCUT2D eigenvalue weighted by Gasteiger charge is -2.04. The zero-order valence-corrected chi connectivity index (χ0v) is 14.7. The van der Waals surface area contributed by atoms with Gasteiger partial charge in [-0.3, -0.25) is 9.59 Å². The number of aromatic nitrogens is 4. The first kappa shape index (κ1) is 16.4. The molecule has 3 rings (SSSR count). The highest BCUT2D eigenvalue weighted by Crippen LogP contribution is 2.20. The van der Waals surface area contributed by atoms with E-state index < -0.39 is 11.5 Å². The monoisotopic (exact) mass is 407 g/mol. The average Bonchev–Trinajstić information content (AvgIpc) is 2.93. The van der Waals surface area contributed by atoms with E-state index in [4.69, 9.17) is 11.6 Å². The van der Waals surface area contributed by atoms with Gasteiger partial charge in [-0.1, -0.05) is 23.7 Å². The standard InChI is InChI=1S/C15H11BrClN5O2/c1-8-19-13(21-22(8)12-5-3-2-4-10(12)17)15(24)20-11-6-9(16)7-18-14(11)23/h2-7H,1H3,(H,18,23)(H,20,24). The van der Waals surface area contributed by atoms with Crippen molar-refractivity contribution in [3.05, 3.63) is 68.0 Å². The second-order valence-electron chi connectivity index (χ2n) is 4.86. The van der Waals surface area contributed by atoms with Crippen molar-refractivity contribution in [3.8, 4) is 5.69 Å². The van der Waals surface area contributed by atoms with E-state index >= 15 is 0 Å². The largest absolute Gasteiger partial charge is 0.326 e. The van der Waals surface area contributed by atoms with E-state index in [0.29, 0.717) is 21.0 Å². The van der Waals surface area contributed by atoms with Gasteiger partial charge in [0.05, 0.1) is 10.7 Å². The number of para-hydroxylation sites is 1. The van der Waals surface area contributed by atoms with Gasteiger partial charge < -0.3 is 10.3 Å². The first-order chi connectivity index (χ1) is 11.5. The SMILES string of the molecule is Cc1nc(C(=O)Nc2cc(Br)c[nH]c2=O)nn1-c1ccccc1Cl. The van der Waals surface area contributed by atoms with Crippen molar-refractivity contribution in [2.24, 2.45) is 0 Å². The minimum absolute atomic E-state index is 0.0632. The van der Waals surface area contributed by atoms with Gasteiger partial charge in [-0.25, -0.2) is 9.67 Å². The number of rotatable bonds is 3. The van der Waals surface area contributed by atoms with Crippen LogP contribution < -0.4 is 10.9 Å². The van der Waals surface area contributed by atoms with E-state index in [1.807, 2.05) is 6.07 Å². The van der Waals surface area contributed by atoms with Crippen molar-refractivity contribution >= 4 is 39.1 Å². The molecule has 9 heteroatoms. The third-order valence-corrected chi connectivity index (χ3v) is 3.95. The van der Waals surface area contributed by atoms with Gasteiger partial charge in [0.25, 0.3) is 11.5 Å². The van der Waals surface area contributed by atoms with Gasteiger partial charge in [0.15, 0.2) is 0 Å². The van der Waals surface area contributed by atoms with E-state index in [-0.39, 0.29) is 11.5 Å². The molecule has 0 atom stereocenters. The molecule has 0 aliphatic rings. The van der Waals surface area contributed by atoms with Crippen LogP contribution in [-0.2, 0) is 0 Å². The molecule has 0 saturated carbocycles. The highest BCUT2D eigenvalue weighted by atomic mass is 79.9. The Morgan fingerprint density at radius 1 is 1.38 bits per heavy atom. The number of benzene rings is 1. The Labute approximate surface area is 149 Å². The Hall–Kier alpha value is -2.45. The van der Waals surface area contributed by atoms with Crippen LogP contribution in [-0.4, -0.2) is 25.7 Å². The lowest BCUT2D eigenvalue weighted by molar-refractivity contribution is 0.101. The summed E-state index contributed by atoms with van der Waals surface area (Å²) in [7, 11) is 0. The molecule has 0 fully saturated rings. The Morgan fingerprint density at radius 3 is 2.88 bits per heavy atom. The number of anilines is 1. The van der Waals surface area contributed by atoms with Gasteiger partial charge in [-0.2, -0.15) is 0 Å². The molecule has 0 aliphatic heterocycles.